The molecule has 1 saturated carbocycles. The van der Waals surface area contributed by atoms with Crippen LogP contribution < -0.4 is 5.32 Å². The summed E-state index contributed by atoms with van der Waals surface area (Å²) in [4.78, 5) is 12.2. The minimum absolute atomic E-state index is 0.0424. The molecule has 0 spiro atoms. The molecule has 1 fully saturated rings. The van der Waals surface area contributed by atoms with Gasteiger partial charge in [0.2, 0.25) is 0 Å². The summed E-state index contributed by atoms with van der Waals surface area (Å²) in [5.74, 6) is -2.18. The number of hydrogen-bond donors (Lipinski definition) is 2. The normalized spacial score (nSPS) is 23.2. The van der Waals surface area contributed by atoms with Gasteiger partial charge < -0.3 is 10.4 Å². The predicted molar refractivity (Wildman–Crippen MR) is 74.3 cm³/mol. The lowest BCUT2D eigenvalue weighted by molar-refractivity contribution is -0.189. The number of alkyl halides is 3. The van der Waals surface area contributed by atoms with Crippen molar-refractivity contribution in [2.45, 2.75) is 50.9 Å². The van der Waals surface area contributed by atoms with E-state index in [2.05, 4.69) is 5.32 Å². The first-order valence-corrected chi connectivity index (χ1v) is 7.77. The van der Waals surface area contributed by atoms with E-state index in [1.807, 2.05) is 0 Å². The number of carboxylic acid groups (broad SMARTS) is 1. The summed E-state index contributed by atoms with van der Waals surface area (Å²) in [6, 6.07) is 2.96. The molecule has 2 rings (SSSR count). The Bertz CT molecular complexity index is 487. The van der Waals surface area contributed by atoms with Gasteiger partial charge in [0.1, 0.15) is 0 Å². The van der Waals surface area contributed by atoms with Crippen molar-refractivity contribution in [1.29, 1.82) is 0 Å². The number of hydrogen-bond acceptors (Lipinski definition) is 3. The summed E-state index contributed by atoms with van der Waals surface area (Å²) in [5, 5.41) is 11.7. The molecule has 7 heteroatoms. The zero-order valence-electron chi connectivity index (χ0n) is 11.4. The van der Waals surface area contributed by atoms with E-state index in [0.717, 1.165) is 16.2 Å². The van der Waals surface area contributed by atoms with E-state index in [4.69, 9.17) is 5.11 Å². The van der Waals surface area contributed by atoms with E-state index in [-0.39, 0.29) is 12.8 Å². The molecule has 0 bridgehead atoms. The van der Waals surface area contributed by atoms with Gasteiger partial charge in [0, 0.05) is 22.3 Å². The Morgan fingerprint density at radius 2 is 1.95 bits per heavy atom. The number of thiophene rings is 1. The van der Waals surface area contributed by atoms with Crippen LogP contribution in [0.15, 0.2) is 12.1 Å². The van der Waals surface area contributed by atoms with Crippen molar-refractivity contribution in [2.75, 3.05) is 0 Å². The van der Waals surface area contributed by atoms with Crippen LogP contribution >= 0.6 is 11.3 Å². The third-order valence-electron chi connectivity index (χ3n) is 3.77. The maximum atomic E-state index is 13.0. The van der Waals surface area contributed by atoms with E-state index in [9.17, 15) is 18.0 Å². The molecule has 0 radical (unpaired) electrons. The predicted octanol–water partition coefficient (Wildman–Crippen LogP) is 3.59. The van der Waals surface area contributed by atoms with Crippen LogP contribution in [0.1, 0.15) is 35.4 Å². The van der Waals surface area contributed by atoms with Gasteiger partial charge in [0.25, 0.3) is 0 Å². The Balaban J connectivity index is 1.91. The Kier molecular flexibility index (Phi) is 5.27. The van der Waals surface area contributed by atoms with Crippen LogP contribution in [0.5, 0.6) is 0 Å². The number of carbonyl (C=O) groups is 1. The zero-order valence-corrected chi connectivity index (χ0v) is 12.3. The Labute approximate surface area is 125 Å². The van der Waals surface area contributed by atoms with Crippen LogP contribution in [0, 0.1) is 5.92 Å². The quantitative estimate of drug-likeness (QED) is 0.871. The van der Waals surface area contributed by atoms with E-state index in [0.29, 0.717) is 19.4 Å². The number of rotatable bonds is 5. The highest BCUT2D eigenvalue weighted by Crippen LogP contribution is 2.37. The van der Waals surface area contributed by atoms with Crippen LogP contribution in [-0.2, 0) is 17.8 Å². The summed E-state index contributed by atoms with van der Waals surface area (Å²) in [5.41, 5.74) is 0. The molecule has 0 amide bonds. The number of carboxylic acids is 1. The molecule has 2 unspecified atom stereocenters. The number of halogens is 3. The Morgan fingerprint density at radius 3 is 2.62 bits per heavy atom. The highest BCUT2D eigenvalue weighted by Gasteiger charge is 2.45. The van der Waals surface area contributed by atoms with Crippen molar-refractivity contribution in [1.82, 2.24) is 5.32 Å². The van der Waals surface area contributed by atoms with Crippen molar-refractivity contribution in [3.63, 3.8) is 0 Å². The smallest absolute Gasteiger partial charge is 0.393 e. The molecule has 1 aromatic heterocycles. The molecule has 1 aliphatic rings. The van der Waals surface area contributed by atoms with Crippen molar-refractivity contribution in [3.05, 3.63) is 21.9 Å². The van der Waals surface area contributed by atoms with Gasteiger partial charge in [-0.15, -0.1) is 11.3 Å². The van der Waals surface area contributed by atoms with Crippen LogP contribution in [-0.4, -0.2) is 23.3 Å². The fourth-order valence-electron chi connectivity index (χ4n) is 2.76. The van der Waals surface area contributed by atoms with E-state index >= 15 is 0 Å². The number of aliphatic carboxylic acids is 1. The van der Waals surface area contributed by atoms with E-state index < -0.39 is 24.1 Å². The lowest BCUT2D eigenvalue weighted by Gasteiger charge is -2.33. The molecule has 0 aliphatic heterocycles. The van der Waals surface area contributed by atoms with Gasteiger partial charge in [-0.25, -0.2) is 0 Å². The summed E-state index contributed by atoms with van der Waals surface area (Å²) < 4.78 is 38.9. The first-order chi connectivity index (χ1) is 9.86. The maximum Gasteiger partial charge on any atom is 0.393 e. The second-order valence-electron chi connectivity index (χ2n) is 5.36. The monoisotopic (exact) mass is 321 g/mol. The lowest BCUT2D eigenvalue weighted by atomic mass is 9.84. The maximum absolute atomic E-state index is 13.0. The van der Waals surface area contributed by atoms with Gasteiger partial charge in [-0.1, -0.05) is 12.8 Å². The van der Waals surface area contributed by atoms with Crippen LogP contribution in [0.25, 0.3) is 0 Å². The van der Waals surface area contributed by atoms with Gasteiger partial charge in [-0.05, 0) is 25.0 Å². The molecule has 2 N–H and O–H groups in total. The molecule has 1 aliphatic carbocycles. The summed E-state index contributed by atoms with van der Waals surface area (Å²) >= 11 is 1.33. The second-order valence-corrected chi connectivity index (χ2v) is 6.61. The highest BCUT2D eigenvalue weighted by molar-refractivity contribution is 7.12. The molecule has 3 nitrogen and oxygen atoms in total. The van der Waals surface area contributed by atoms with Crippen LogP contribution in [0.2, 0.25) is 0 Å². The van der Waals surface area contributed by atoms with E-state index in [1.54, 1.807) is 12.1 Å². The van der Waals surface area contributed by atoms with Gasteiger partial charge in [0.05, 0.1) is 12.3 Å². The Hall–Kier alpha value is -1.08. The molecule has 1 heterocycles. The molecule has 21 heavy (non-hydrogen) atoms. The average Bonchev–Trinajstić information content (AvgIpc) is 2.82. The molecular formula is C14H18F3NO2S. The third kappa shape index (κ3) is 4.71. The van der Waals surface area contributed by atoms with Crippen molar-refractivity contribution < 1.29 is 23.1 Å². The summed E-state index contributed by atoms with van der Waals surface area (Å²) in [7, 11) is 0. The Morgan fingerprint density at radius 1 is 1.29 bits per heavy atom. The highest BCUT2D eigenvalue weighted by atomic mass is 32.1. The zero-order chi connectivity index (χ0) is 15.5. The number of nitrogens with one attached hydrogen (secondary N) is 1. The fourth-order valence-corrected chi connectivity index (χ4v) is 3.72. The van der Waals surface area contributed by atoms with Gasteiger partial charge in [0.15, 0.2) is 0 Å². The van der Waals surface area contributed by atoms with Gasteiger partial charge in [-0.3, -0.25) is 4.79 Å². The van der Waals surface area contributed by atoms with Gasteiger partial charge >= 0.3 is 12.1 Å². The molecule has 2 atom stereocenters. The topological polar surface area (TPSA) is 49.3 Å². The average molecular weight is 321 g/mol. The van der Waals surface area contributed by atoms with Crippen molar-refractivity contribution in [2.24, 2.45) is 5.92 Å². The molecule has 1 aromatic rings. The standard InChI is InChI=1S/C14H18F3NO2S/c15-14(16,17)11-3-1-2-4-12(11)18-8-10-6-5-9(21-10)7-13(19)20/h5-6,11-12,18H,1-4,7-8H2,(H,19,20). The first kappa shape index (κ1) is 16.3. The minimum Gasteiger partial charge on any atom is -0.481 e. The van der Waals surface area contributed by atoms with Crippen molar-refractivity contribution >= 4 is 17.3 Å². The first-order valence-electron chi connectivity index (χ1n) is 6.96. The van der Waals surface area contributed by atoms with E-state index in [1.165, 1.54) is 11.3 Å². The lowest BCUT2D eigenvalue weighted by Crippen LogP contribution is -2.45. The SMILES string of the molecule is O=C(O)Cc1ccc(CNC2CCCCC2C(F)(F)F)s1. The fraction of sp³-hybridized carbons (Fsp3) is 0.643. The molecule has 0 aromatic carbocycles. The third-order valence-corrected chi connectivity index (χ3v) is 4.85. The molecule has 0 saturated heterocycles. The van der Waals surface area contributed by atoms with Gasteiger partial charge in [-0.2, -0.15) is 13.2 Å². The second kappa shape index (κ2) is 6.79. The molecule has 118 valence electrons. The van der Waals surface area contributed by atoms with Crippen LogP contribution in [0.3, 0.4) is 0 Å². The molecular weight excluding hydrogens is 303 g/mol. The summed E-state index contributed by atoms with van der Waals surface area (Å²) in [6.07, 6.45) is -2.02. The van der Waals surface area contributed by atoms with Crippen LogP contribution in [0.4, 0.5) is 13.2 Å². The van der Waals surface area contributed by atoms with Crippen molar-refractivity contribution in [3.8, 4) is 0 Å². The minimum atomic E-state index is -4.15. The largest absolute Gasteiger partial charge is 0.481 e. The summed E-state index contributed by atoms with van der Waals surface area (Å²) in [6.45, 7) is 0.363.